The van der Waals surface area contributed by atoms with Crippen molar-refractivity contribution in [1.29, 1.82) is 0 Å². The molecule has 0 radical (unpaired) electrons. The van der Waals surface area contributed by atoms with E-state index >= 15 is 0 Å². The minimum Gasteiger partial charge on any atom is -0.394 e. The monoisotopic (exact) mass is 322 g/mol. The van der Waals surface area contributed by atoms with E-state index in [9.17, 15) is 20.4 Å². The van der Waals surface area contributed by atoms with Crippen LogP contribution in [0.25, 0.3) is 10.8 Å². The molecule has 1 heterocycles. The summed E-state index contributed by atoms with van der Waals surface area (Å²) in [4.78, 5) is 0. The topological polar surface area (TPSA) is 151 Å². The Morgan fingerprint density at radius 1 is 1.17 bits per heavy atom. The summed E-state index contributed by atoms with van der Waals surface area (Å²) in [6.45, 7) is -1.40. The molecule has 1 aromatic heterocycles. The number of hydrogen-bond acceptors (Lipinski definition) is 9. The van der Waals surface area contributed by atoms with Crippen molar-refractivity contribution >= 4 is 22.3 Å². The molecule has 0 saturated carbocycles. The first-order valence-electron chi connectivity index (χ1n) is 6.87. The number of nitrogens with zero attached hydrogens (tertiary/aromatic N) is 3. The molecule has 0 amide bonds. The maximum absolute atomic E-state index is 9.88. The molecule has 1 aromatic carbocycles. The van der Waals surface area contributed by atoms with Gasteiger partial charge in [0.05, 0.1) is 25.1 Å². The maximum Gasteiger partial charge on any atom is 0.176 e. The minimum absolute atomic E-state index is 0.222. The third-order valence-corrected chi connectivity index (χ3v) is 3.28. The zero-order valence-corrected chi connectivity index (χ0v) is 12.1. The second-order valence-corrected chi connectivity index (χ2v) is 4.84. The van der Waals surface area contributed by atoms with Gasteiger partial charge in [-0.25, -0.2) is 0 Å². The molecule has 0 aliphatic rings. The SMILES string of the molecule is OC/C(=N/Nc1nncc2ccccc12)[C@@H](O)[C@@H](O)[C@H](O)CO. The second-order valence-electron chi connectivity index (χ2n) is 4.84. The normalized spacial score (nSPS) is 16.1. The van der Waals surface area contributed by atoms with Crippen molar-refractivity contribution in [2.45, 2.75) is 18.3 Å². The van der Waals surface area contributed by atoms with Crippen LogP contribution in [0.5, 0.6) is 0 Å². The highest BCUT2D eigenvalue weighted by Gasteiger charge is 2.28. The zero-order chi connectivity index (χ0) is 16.8. The van der Waals surface area contributed by atoms with Crippen LogP contribution in [0, 0.1) is 0 Å². The van der Waals surface area contributed by atoms with Crippen LogP contribution in [0.1, 0.15) is 0 Å². The molecule has 124 valence electrons. The lowest BCUT2D eigenvalue weighted by Crippen LogP contribution is -2.45. The van der Waals surface area contributed by atoms with Crippen molar-refractivity contribution in [2.24, 2.45) is 5.10 Å². The van der Waals surface area contributed by atoms with Crippen LogP contribution in [0.4, 0.5) is 5.82 Å². The molecule has 2 rings (SSSR count). The molecule has 2 aromatic rings. The van der Waals surface area contributed by atoms with Gasteiger partial charge < -0.3 is 25.5 Å². The van der Waals surface area contributed by atoms with E-state index in [2.05, 4.69) is 20.7 Å². The fourth-order valence-corrected chi connectivity index (χ4v) is 1.95. The number of anilines is 1. The van der Waals surface area contributed by atoms with Gasteiger partial charge in [0.25, 0.3) is 0 Å². The van der Waals surface area contributed by atoms with Gasteiger partial charge in [-0.2, -0.15) is 10.2 Å². The van der Waals surface area contributed by atoms with Crippen LogP contribution in [0.3, 0.4) is 0 Å². The number of benzene rings is 1. The van der Waals surface area contributed by atoms with Crippen LogP contribution in [-0.2, 0) is 0 Å². The fraction of sp³-hybridized carbons (Fsp3) is 0.357. The van der Waals surface area contributed by atoms with Gasteiger partial charge in [-0.15, -0.1) is 5.10 Å². The largest absolute Gasteiger partial charge is 0.394 e. The molecule has 9 nitrogen and oxygen atoms in total. The summed E-state index contributed by atoms with van der Waals surface area (Å²) in [7, 11) is 0. The van der Waals surface area contributed by atoms with Gasteiger partial charge in [-0.3, -0.25) is 5.43 Å². The van der Waals surface area contributed by atoms with Gasteiger partial charge in [0.1, 0.15) is 18.3 Å². The van der Waals surface area contributed by atoms with Crippen molar-refractivity contribution in [3.8, 4) is 0 Å². The number of aliphatic hydroxyl groups is 5. The van der Waals surface area contributed by atoms with E-state index in [1.54, 1.807) is 12.3 Å². The van der Waals surface area contributed by atoms with Crippen LogP contribution in [0.2, 0.25) is 0 Å². The Morgan fingerprint density at radius 3 is 2.61 bits per heavy atom. The Labute approximate surface area is 131 Å². The first kappa shape index (κ1) is 17.2. The van der Waals surface area contributed by atoms with Crippen molar-refractivity contribution in [3.63, 3.8) is 0 Å². The Kier molecular flexibility index (Phi) is 5.90. The molecular formula is C14H18N4O5. The molecule has 0 bridgehead atoms. The lowest BCUT2D eigenvalue weighted by molar-refractivity contribution is -0.0564. The summed E-state index contributed by atoms with van der Waals surface area (Å²) in [6.07, 6.45) is -3.32. The lowest BCUT2D eigenvalue weighted by Gasteiger charge is -2.22. The summed E-state index contributed by atoms with van der Waals surface area (Å²) in [6, 6.07) is 7.28. The van der Waals surface area contributed by atoms with Crippen LogP contribution in [-0.4, -0.2) is 73.0 Å². The van der Waals surface area contributed by atoms with Crippen molar-refractivity contribution in [1.82, 2.24) is 10.2 Å². The standard InChI is InChI=1S/C14H18N4O5/c19-6-10(12(22)13(23)11(21)7-20)16-18-14-9-4-2-1-3-8(9)5-15-17-14/h1-5,11-13,19-23H,6-7H2,(H,17,18)/b16-10-/t11-,12-,13+/m1/s1. The highest BCUT2D eigenvalue weighted by Crippen LogP contribution is 2.19. The molecule has 3 atom stereocenters. The van der Waals surface area contributed by atoms with E-state index < -0.39 is 31.5 Å². The summed E-state index contributed by atoms with van der Waals surface area (Å²) in [5.41, 5.74) is 2.35. The van der Waals surface area contributed by atoms with Crippen LogP contribution >= 0.6 is 0 Å². The van der Waals surface area contributed by atoms with Crippen LogP contribution in [0.15, 0.2) is 35.6 Å². The van der Waals surface area contributed by atoms with Gasteiger partial charge in [0, 0.05) is 10.8 Å². The number of rotatable bonds is 7. The Hall–Kier alpha value is -2.17. The molecule has 23 heavy (non-hydrogen) atoms. The lowest BCUT2D eigenvalue weighted by atomic mass is 10.0. The maximum atomic E-state index is 9.88. The van der Waals surface area contributed by atoms with Gasteiger partial charge >= 0.3 is 0 Å². The van der Waals surface area contributed by atoms with Crippen molar-refractivity contribution in [3.05, 3.63) is 30.5 Å². The van der Waals surface area contributed by atoms with Crippen molar-refractivity contribution < 1.29 is 25.5 Å². The van der Waals surface area contributed by atoms with E-state index in [4.69, 9.17) is 5.11 Å². The average molecular weight is 322 g/mol. The quantitative estimate of drug-likeness (QED) is 0.265. The molecule has 0 aliphatic carbocycles. The van der Waals surface area contributed by atoms with E-state index in [-0.39, 0.29) is 5.71 Å². The predicted molar refractivity (Wildman–Crippen MR) is 82.8 cm³/mol. The molecular weight excluding hydrogens is 304 g/mol. The van der Waals surface area contributed by atoms with E-state index in [1.165, 1.54) is 0 Å². The molecule has 0 saturated heterocycles. The molecule has 0 fully saturated rings. The van der Waals surface area contributed by atoms with Gasteiger partial charge in [-0.1, -0.05) is 24.3 Å². The van der Waals surface area contributed by atoms with Gasteiger partial charge in [0.2, 0.25) is 0 Å². The number of aliphatic hydroxyl groups excluding tert-OH is 5. The zero-order valence-electron chi connectivity index (χ0n) is 12.1. The van der Waals surface area contributed by atoms with E-state index in [0.717, 1.165) is 10.8 Å². The minimum atomic E-state index is -1.69. The number of nitrogens with one attached hydrogen (secondary N) is 1. The molecule has 0 aliphatic heterocycles. The first-order valence-corrected chi connectivity index (χ1v) is 6.87. The average Bonchev–Trinajstić information content (AvgIpc) is 2.60. The second kappa shape index (κ2) is 7.90. The summed E-state index contributed by atoms with van der Waals surface area (Å²) in [5.74, 6) is 0.304. The van der Waals surface area contributed by atoms with Crippen LogP contribution < -0.4 is 5.43 Å². The molecule has 9 heteroatoms. The van der Waals surface area contributed by atoms with E-state index in [1.807, 2.05) is 18.2 Å². The highest BCUT2D eigenvalue weighted by molar-refractivity contribution is 5.93. The summed E-state index contributed by atoms with van der Waals surface area (Å²) < 4.78 is 0. The number of hydrazone groups is 1. The number of hydrogen-bond donors (Lipinski definition) is 6. The highest BCUT2D eigenvalue weighted by atomic mass is 16.4. The van der Waals surface area contributed by atoms with Gasteiger partial charge in [-0.05, 0) is 0 Å². The molecule has 0 unspecified atom stereocenters. The third kappa shape index (κ3) is 3.97. The summed E-state index contributed by atoms with van der Waals surface area (Å²) in [5, 5.41) is 60.0. The Bertz CT molecular complexity index is 676. The number of aromatic nitrogens is 2. The number of fused-ring (bicyclic) bond motifs is 1. The predicted octanol–water partition coefficient (Wildman–Crippen LogP) is -1.54. The van der Waals surface area contributed by atoms with Crippen molar-refractivity contribution in [2.75, 3.05) is 18.6 Å². The third-order valence-electron chi connectivity index (χ3n) is 3.28. The Balaban J connectivity index is 2.21. The summed E-state index contributed by atoms with van der Waals surface area (Å²) >= 11 is 0. The first-order chi connectivity index (χ1) is 11.1. The smallest absolute Gasteiger partial charge is 0.176 e. The van der Waals surface area contributed by atoms with Gasteiger partial charge in [0.15, 0.2) is 5.82 Å². The molecule has 0 spiro atoms. The van der Waals surface area contributed by atoms with E-state index in [0.29, 0.717) is 5.82 Å². The fourth-order valence-electron chi connectivity index (χ4n) is 1.95. The molecule has 6 N–H and O–H groups in total. The Morgan fingerprint density at radius 2 is 1.91 bits per heavy atom.